The minimum atomic E-state index is 0.683. The van der Waals surface area contributed by atoms with E-state index < -0.39 is 0 Å². The van der Waals surface area contributed by atoms with Crippen molar-refractivity contribution in [3.63, 3.8) is 0 Å². The molecule has 0 unspecified atom stereocenters. The van der Waals surface area contributed by atoms with Gasteiger partial charge in [-0.25, -0.2) is 0 Å². The van der Waals surface area contributed by atoms with E-state index in [0.29, 0.717) is 6.01 Å². The Morgan fingerprint density at radius 1 is 1.17 bits per heavy atom. The van der Waals surface area contributed by atoms with Crippen LogP contribution in [-0.4, -0.2) is 11.5 Å². The summed E-state index contributed by atoms with van der Waals surface area (Å²) >= 11 is 0. The van der Waals surface area contributed by atoms with E-state index in [0.717, 1.165) is 35.4 Å². The van der Waals surface area contributed by atoms with Gasteiger partial charge in [-0.3, -0.25) is 0 Å². The Kier molecular flexibility index (Phi) is 2.32. The summed E-state index contributed by atoms with van der Waals surface area (Å²) in [5, 5.41) is 3.40. The highest BCUT2D eigenvalue weighted by Gasteiger charge is 2.41. The average Bonchev–Trinajstić information content (AvgIpc) is 3.28. The molecule has 0 spiro atoms. The molecule has 2 aliphatic rings. The Labute approximate surface area is 107 Å². The van der Waals surface area contributed by atoms with Gasteiger partial charge in [0, 0.05) is 6.54 Å². The lowest BCUT2D eigenvalue weighted by molar-refractivity contribution is 0.423. The van der Waals surface area contributed by atoms with Gasteiger partial charge in [-0.2, -0.15) is 4.98 Å². The molecule has 0 saturated heterocycles. The minimum absolute atomic E-state index is 0.683. The molecule has 1 aromatic heterocycles. The molecule has 0 aliphatic heterocycles. The van der Waals surface area contributed by atoms with E-state index in [2.05, 4.69) is 10.3 Å². The van der Waals surface area contributed by atoms with Crippen LogP contribution in [0.1, 0.15) is 25.7 Å². The molecule has 1 heterocycles. The predicted octanol–water partition coefficient (Wildman–Crippen LogP) is 3.68. The highest BCUT2D eigenvalue weighted by atomic mass is 16.4. The van der Waals surface area contributed by atoms with Gasteiger partial charge in [-0.1, -0.05) is 12.1 Å². The first-order valence-electron chi connectivity index (χ1n) is 6.99. The number of oxazole rings is 1. The topological polar surface area (TPSA) is 38.1 Å². The number of rotatable bonds is 5. The Hall–Kier alpha value is -1.51. The molecule has 4 rings (SSSR count). The van der Waals surface area contributed by atoms with Gasteiger partial charge in [-0.15, -0.1) is 0 Å². The molecule has 0 amide bonds. The van der Waals surface area contributed by atoms with Gasteiger partial charge in [0.1, 0.15) is 5.52 Å². The lowest BCUT2D eigenvalue weighted by Gasteiger charge is -2.14. The van der Waals surface area contributed by atoms with Crippen molar-refractivity contribution in [1.82, 2.24) is 4.98 Å². The average molecular weight is 242 g/mol. The van der Waals surface area contributed by atoms with E-state index in [-0.39, 0.29) is 0 Å². The Balaban J connectivity index is 1.46. The normalized spacial score (nSPS) is 19.6. The molecule has 2 aliphatic carbocycles. The molecule has 0 bridgehead atoms. The first kappa shape index (κ1) is 10.4. The Morgan fingerprint density at radius 3 is 2.56 bits per heavy atom. The van der Waals surface area contributed by atoms with Crippen molar-refractivity contribution in [1.29, 1.82) is 0 Å². The van der Waals surface area contributed by atoms with Crippen LogP contribution in [0, 0.1) is 17.8 Å². The lowest BCUT2D eigenvalue weighted by Crippen LogP contribution is -2.18. The van der Waals surface area contributed by atoms with Crippen LogP contribution in [0.2, 0.25) is 0 Å². The van der Waals surface area contributed by atoms with Crippen molar-refractivity contribution < 1.29 is 4.42 Å². The molecule has 1 aromatic carbocycles. The second-order valence-electron chi connectivity index (χ2n) is 5.71. The summed E-state index contributed by atoms with van der Waals surface area (Å²) in [6.45, 7) is 1.03. The maximum Gasteiger partial charge on any atom is 0.295 e. The fourth-order valence-corrected chi connectivity index (χ4v) is 2.92. The van der Waals surface area contributed by atoms with Crippen LogP contribution in [0.4, 0.5) is 6.01 Å². The molecular formula is C15H18N2O. The van der Waals surface area contributed by atoms with E-state index >= 15 is 0 Å². The summed E-state index contributed by atoms with van der Waals surface area (Å²) in [4.78, 5) is 4.47. The van der Waals surface area contributed by atoms with Gasteiger partial charge >= 0.3 is 0 Å². The molecule has 18 heavy (non-hydrogen) atoms. The van der Waals surface area contributed by atoms with Crippen LogP contribution >= 0.6 is 0 Å². The smallest absolute Gasteiger partial charge is 0.295 e. The van der Waals surface area contributed by atoms with Gasteiger partial charge in [0.25, 0.3) is 6.01 Å². The third kappa shape index (κ3) is 1.98. The SMILES string of the molecule is c1ccc2oc(NCC(C3CC3)C3CC3)nc2c1. The number of hydrogen-bond acceptors (Lipinski definition) is 3. The number of nitrogens with zero attached hydrogens (tertiary/aromatic N) is 1. The van der Waals surface area contributed by atoms with E-state index in [4.69, 9.17) is 4.42 Å². The molecule has 2 saturated carbocycles. The summed E-state index contributed by atoms with van der Waals surface area (Å²) in [7, 11) is 0. The van der Waals surface area contributed by atoms with Gasteiger partial charge in [0.15, 0.2) is 5.58 Å². The van der Waals surface area contributed by atoms with E-state index in [1.54, 1.807) is 0 Å². The number of para-hydroxylation sites is 2. The van der Waals surface area contributed by atoms with Crippen LogP contribution in [0.5, 0.6) is 0 Å². The standard InChI is InChI=1S/C15H18N2O/c1-2-4-14-13(3-1)17-15(18-14)16-9-12(10-5-6-10)11-7-8-11/h1-4,10-12H,5-9H2,(H,16,17). The molecule has 3 nitrogen and oxygen atoms in total. The zero-order valence-electron chi connectivity index (χ0n) is 10.4. The van der Waals surface area contributed by atoms with Crippen LogP contribution in [0.15, 0.2) is 28.7 Å². The summed E-state index contributed by atoms with van der Waals surface area (Å²) in [5.41, 5.74) is 1.81. The predicted molar refractivity (Wildman–Crippen MR) is 71.4 cm³/mol. The third-order valence-corrected chi connectivity index (χ3v) is 4.24. The van der Waals surface area contributed by atoms with Gasteiger partial charge in [-0.05, 0) is 55.6 Å². The van der Waals surface area contributed by atoms with Crippen molar-refractivity contribution in [2.75, 3.05) is 11.9 Å². The molecule has 94 valence electrons. The fourth-order valence-electron chi connectivity index (χ4n) is 2.92. The molecule has 0 radical (unpaired) electrons. The molecule has 2 aromatic rings. The van der Waals surface area contributed by atoms with Crippen LogP contribution in [0.25, 0.3) is 11.1 Å². The first-order chi connectivity index (χ1) is 8.90. The van der Waals surface area contributed by atoms with Gasteiger partial charge in [0.05, 0.1) is 0 Å². The van der Waals surface area contributed by atoms with E-state index in [1.807, 2.05) is 24.3 Å². The summed E-state index contributed by atoms with van der Waals surface area (Å²) in [5.74, 6) is 2.78. The third-order valence-electron chi connectivity index (χ3n) is 4.24. The number of fused-ring (bicyclic) bond motifs is 1. The first-order valence-corrected chi connectivity index (χ1v) is 6.99. The second-order valence-corrected chi connectivity index (χ2v) is 5.71. The number of aromatic nitrogens is 1. The van der Waals surface area contributed by atoms with Crippen molar-refractivity contribution >= 4 is 17.1 Å². The number of nitrogens with one attached hydrogen (secondary N) is 1. The monoisotopic (exact) mass is 242 g/mol. The lowest BCUT2D eigenvalue weighted by atomic mass is 9.98. The summed E-state index contributed by atoms with van der Waals surface area (Å²) < 4.78 is 5.70. The number of hydrogen-bond donors (Lipinski definition) is 1. The van der Waals surface area contributed by atoms with Crippen LogP contribution in [0.3, 0.4) is 0 Å². The fraction of sp³-hybridized carbons (Fsp3) is 0.533. The summed E-state index contributed by atoms with van der Waals surface area (Å²) in [6.07, 6.45) is 5.71. The minimum Gasteiger partial charge on any atom is -0.424 e. The van der Waals surface area contributed by atoms with Crippen LogP contribution in [-0.2, 0) is 0 Å². The van der Waals surface area contributed by atoms with Crippen molar-refractivity contribution in [3.8, 4) is 0 Å². The number of benzene rings is 1. The second kappa shape index (κ2) is 4.01. The Morgan fingerprint density at radius 2 is 1.89 bits per heavy atom. The van der Waals surface area contributed by atoms with Crippen molar-refractivity contribution in [3.05, 3.63) is 24.3 Å². The van der Waals surface area contributed by atoms with Crippen molar-refractivity contribution in [2.24, 2.45) is 17.8 Å². The highest BCUT2D eigenvalue weighted by Crippen LogP contribution is 2.49. The summed E-state index contributed by atoms with van der Waals surface area (Å²) in [6, 6.07) is 8.61. The maximum absolute atomic E-state index is 5.70. The zero-order chi connectivity index (χ0) is 11.9. The van der Waals surface area contributed by atoms with Gasteiger partial charge in [0.2, 0.25) is 0 Å². The van der Waals surface area contributed by atoms with Crippen LogP contribution < -0.4 is 5.32 Å². The quantitative estimate of drug-likeness (QED) is 0.869. The highest BCUT2D eigenvalue weighted by molar-refractivity contribution is 5.74. The van der Waals surface area contributed by atoms with Gasteiger partial charge < -0.3 is 9.73 Å². The largest absolute Gasteiger partial charge is 0.424 e. The Bertz CT molecular complexity index is 509. The molecule has 2 fully saturated rings. The molecule has 0 atom stereocenters. The molecule has 1 N–H and O–H groups in total. The molecule has 3 heteroatoms. The van der Waals surface area contributed by atoms with E-state index in [9.17, 15) is 0 Å². The molecular weight excluding hydrogens is 224 g/mol. The van der Waals surface area contributed by atoms with E-state index in [1.165, 1.54) is 25.7 Å². The van der Waals surface area contributed by atoms with Crippen molar-refractivity contribution in [2.45, 2.75) is 25.7 Å². The zero-order valence-corrected chi connectivity index (χ0v) is 10.4. The maximum atomic E-state index is 5.70. The number of anilines is 1.